The Morgan fingerprint density at radius 1 is 0.248 bits per heavy atom. The van der Waals surface area contributed by atoms with Crippen molar-refractivity contribution in [1.82, 2.24) is 23.3 Å². The van der Waals surface area contributed by atoms with E-state index in [-0.39, 0.29) is 0 Å². The fourth-order valence-corrected chi connectivity index (χ4v) is 15.7. The van der Waals surface area contributed by atoms with Gasteiger partial charge >= 0.3 is 0 Å². The van der Waals surface area contributed by atoms with Crippen LogP contribution in [0.5, 0.6) is 0 Å². The number of hydrogen-bond acceptors (Lipinski definition) is 7. The monoisotopic (exact) mass is 1280 g/mol. The molecule has 0 unspecified atom stereocenters. The second kappa shape index (κ2) is 22.7. The molecule has 5 heterocycles. The van der Waals surface area contributed by atoms with Crippen molar-refractivity contribution in [3.63, 3.8) is 0 Å². The number of fused-ring (bicyclic) bond motifs is 13. The van der Waals surface area contributed by atoms with Crippen LogP contribution in [0.3, 0.4) is 0 Å². The van der Waals surface area contributed by atoms with Gasteiger partial charge in [-0.25, -0.2) is 4.98 Å². The van der Waals surface area contributed by atoms with Crippen LogP contribution in [0.15, 0.2) is 296 Å². The van der Waals surface area contributed by atoms with E-state index in [1.54, 1.807) is 0 Å². The van der Waals surface area contributed by atoms with Crippen LogP contribution in [-0.4, -0.2) is 23.3 Å². The third kappa shape index (κ3) is 8.85. The van der Waals surface area contributed by atoms with E-state index in [0.717, 1.165) is 138 Å². The number of rotatable bonds is 9. The van der Waals surface area contributed by atoms with Crippen LogP contribution >= 0.6 is 0 Å². The number of oxazole rings is 1. The molecule has 11 nitrogen and oxygen atoms in total. The molecule has 5 aromatic heterocycles. The van der Waals surface area contributed by atoms with E-state index in [9.17, 15) is 26.3 Å². The maximum atomic E-state index is 12.9. The quantitative estimate of drug-likeness (QED) is 0.139. The van der Waals surface area contributed by atoms with Crippen LogP contribution in [0.2, 0.25) is 0 Å². The zero-order valence-electron chi connectivity index (χ0n) is 53.6. The summed E-state index contributed by atoms with van der Waals surface area (Å²) in [6.07, 6.45) is 0. The van der Waals surface area contributed by atoms with E-state index in [1.807, 2.05) is 152 Å². The summed E-state index contributed by atoms with van der Waals surface area (Å²) in [5.74, 6) is 0.292. The smallest absolute Gasteiger partial charge is 0.228 e. The zero-order valence-corrected chi connectivity index (χ0v) is 53.6. The molecule has 11 heteroatoms. The van der Waals surface area contributed by atoms with Gasteiger partial charge in [0.2, 0.25) is 5.89 Å². The molecule has 0 saturated heterocycles. The first-order chi connectivity index (χ1) is 49.9. The van der Waals surface area contributed by atoms with Crippen molar-refractivity contribution >= 4 is 98.3 Å². The van der Waals surface area contributed by atoms with Crippen molar-refractivity contribution < 1.29 is 4.42 Å². The van der Waals surface area contributed by atoms with Crippen LogP contribution in [0.1, 0.15) is 27.8 Å². The minimum Gasteiger partial charge on any atom is -0.436 e. The molecule has 0 amide bonds. The summed E-state index contributed by atoms with van der Waals surface area (Å²) in [5, 5.41) is 61.6. The summed E-state index contributed by atoms with van der Waals surface area (Å²) in [6.45, 7) is 0. The van der Waals surface area contributed by atoms with Crippen LogP contribution in [-0.2, 0) is 0 Å². The van der Waals surface area contributed by atoms with Crippen molar-refractivity contribution in [2.45, 2.75) is 0 Å². The molecule has 0 saturated carbocycles. The van der Waals surface area contributed by atoms with Crippen molar-refractivity contribution in [3.05, 3.63) is 319 Å². The molecular weight excluding hydrogens is 1240 g/mol. The van der Waals surface area contributed by atoms with Crippen molar-refractivity contribution in [1.29, 1.82) is 26.3 Å². The van der Waals surface area contributed by atoms with Crippen LogP contribution in [0.25, 0.3) is 177 Å². The van der Waals surface area contributed by atoms with Gasteiger partial charge in [-0.1, -0.05) is 133 Å². The Balaban J connectivity index is 0.992. The van der Waals surface area contributed by atoms with Crippen LogP contribution in [0, 0.1) is 56.7 Å². The van der Waals surface area contributed by atoms with Crippen LogP contribution < -0.4 is 0 Å². The van der Waals surface area contributed by atoms with E-state index in [0.29, 0.717) is 67.1 Å². The molecule has 0 radical (unpaired) electrons. The molecule has 0 atom stereocenters. The summed E-state index contributed by atoms with van der Waals surface area (Å²) >= 11 is 0. The van der Waals surface area contributed by atoms with E-state index >= 15 is 0 Å². The molecule has 19 rings (SSSR count). The highest BCUT2D eigenvalue weighted by molar-refractivity contribution is 6.15. The van der Waals surface area contributed by atoms with E-state index < -0.39 is 0 Å². The predicted molar refractivity (Wildman–Crippen MR) is 402 cm³/mol. The number of benzene rings is 14. The van der Waals surface area contributed by atoms with Gasteiger partial charge in [-0.3, -0.25) is 0 Å². The Bertz CT molecular complexity index is 7020. The molecule has 101 heavy (non-hydrogen) atoms. The van der Waals surface area contributed by atoms with E-state index in [1.165, 1.54) is 0 Å². The molecular formula is C90H48N10O. The number of aromatic nitrogens is 5. The van der Waals surface area contributed by atoms with Gasteiger partial charge < -0.3 is 22.7 Å². The van der Waals surface area contributed by atoms with E-state index in [2.05, 4.69) is 188 Å². The van der Waals surface area contributed by atoms with Crippen LogP contribution in [0.4, 0.5) is 0 Å². The molecule has 0 aliphatic carbocycles. The normalized spacial score (nSPS) is 11.5. The van der Waals surface area contributed by atoms with Gasteiger partial charge in [-0.05, 0) is 186 Å². The average molecular weight is 1290 g/mol. The average Bonchev–Trinajstić information content (AvgIpc) is 1.74. The van der Waals surface area contributed by atoms with Gasteiger partial charge in [-0.2, -0.15) is 26.3 Å². The highest BCUT2D eigenvalue weighted by Crippen LogP contribution is 2.55. The number of hydrogen-bond donors (Lipinski definition) is 0. The first kappa shape index (κ1) is 57.6. The maximum Gasteiger partial charge on any atom is 0.228 e. The summed E-state index contributed by atoms with van der Waals surface area (Å²) in [6, 6.07) is 110. The molecule has 14 aromatic carbocycles. The molecule has 0 N–H and O–H groups in total. The van der Waals surface area contributed by atoms with E-state index in [4.69, 9.17) is 9.40 Å². The van der Waals surface area contributed by atoms with Gasteiger partial charge in [0.25, 0.3) is 0 Å². The maximum absolute atomic E-state index is 12.9. The summed E-state index contributed by atoms with van der Waals surface area (Å²) < 4.78 is 16.2. The standard InChI is InChI=1S/C90H48N10O/c91-49-54-33-37-80-70(41-54)66-23-1-6-28-76(66)97(80)62-19-11-15-58(45-62)85-74(53-95)86(59-16-12-20-63(46-59)98-77-29-7-2-24-67(77)71-42-55(50-92)34-38-81(71)98)89(90-96-75-27-5-10-32-84(75)101-90)88(61-18-14-22-65(48-61)100-79-31-9-4-26-69(79)73-44-57(52-94)36-40-83(73)100)87(85)60-17-13-21-64(47-60)99-78-30-8-3-25-68(78)72-43-56(51-93)35-39-82(72)99/h1-48H. The van der Waals surface area contributed by atoms with Crippen molar-refractivity contribution in [3.8, 4) is 109 Å². The molecule has 0 aliphatic heterocycles. The Morgan fingerprint density at radius 2 is 0.545 bits per heavy atom. The van der Waals surface area contributed by atoms with Gasteiger partial charge in [-0.15, -0.1) is 0 Å². The molecule has 0 spiro atoms. The molecule has 0 fully saturated rings. The lowest BCUT2D eigenvalue weighted by Gasteiger charge is -2.26. The molecule has 464 valence electrons. The Morgan fingerprint density at radius 3 is 0.881 bits per heavy atom. The molecule has 0 bridgehead atoms. The predicted octanol–water partition coefficient (Wildman–Crippen LogP) is 21.9. The fourth-order valence-electron chi connectivity index (χ4n) is 15.7. The highest BCUT2D eigenvalue weighted by atomic mass is 16.3. The third-order valence-electron chi connectivity index (χ3n) is 19.9. The molecule has 19 aromatic rings. The second-order valence-corrected chi connectivity index (χ2v) is 25.3. The fraction of sp³-hybridized carbons (Fsp3) is 0. The SMILES string of the molecule is N#Cc1ccc2c(c1)c1ccccc1n2-c1cccc(-c2c(C#N)c(-c3cccc(-n4c5ccccc5c5cc(C#N)ccc54)c3)c(-c3nc4ccccc4o3)c(-c3cccc(-n4c5ccccc5c5cc(C#N)ccc54)c3)c2-c2cccc(-n3c4ccccc4c4cc(C#N)ccc43)c2)c1. The summed E-state index contributed by atoms with van der Waals surface area (Å²) in [7, 11) is 0. The Labute approximate surface area is 577 Å². The Kier molecular flexibility index (Phi) is 12.9. The highest BCUT2D eigenvalue weighted by Gasteiger charge is 2.33. The minimum absolute atomic E-state index is 0.292. The summed E-state index contributed by atoms with van der Waals surface area (Å²) in [4.78, 5) is 5.48. The topological polar surface area (TPSA) is 165 Å². The molecule has 0 aliphatic rings. The van der Waals surface area contributed by atoms with Gasteiger partial charge in [0, 0.05) is 82.5 Å². The van der Waals surface area contributed by atoms with Gasteiger partial charge in [0.05, 0.1) is 102 Å². The minimum atomic E-state index is 0.292. The van der Waals surface area contributed by atoms with Gasteiger partial charge in [0.1, 0.15) is 11.6 Å². The number of para-hydroxylation sites is 6. The lowest BCUT2D eigenvalue weighted by molar-refractivity contribution is 0.620. The lowest BCUT2D eigenvalue weighted by Crippen LogP contribution is -2.04. The van der Waals surface area contributed by atoms with Crippen molar-refractivity contribution in [2.75, 3.05) is 0 Å². The lowest BCUT2D eigenvalue weighted by atomic mass is 9.77. The second-order valence-electron chi connectivity index (χ2n) is 25.3. The number of nitrogens with zero attached hydrogens (tertiary/aromatic N) is 10. The Hall–Kier alpha value is -14.8. The summed E-state index contributed by atoms with van der Waals surface area (Å²) in [5.41, 5.74) is 20.8. The zero-order chi connectivity index (χ0) is 67.6. The first-order valence-electron chi connectivity index (χ1n) is 33.0. The largest absolute Gasteiger partial charge is 0.436 e. The van der Waals surface area contributed by atoms with Gasteiger partial charge in [0.15, 0.2) is 5.58 Å². The number of nitriles is 5. The first-order valence-corrected chi connectivity index (χ1v) is 33.0. The third-order valence-corrected chi connectivity index (χ3v) is 19.9. The van der Waals surface area contributed by atoms with Crippen molar-refractivity contribution in [2.24, 2.45) is 0 Å².